The number of hydrogen-bond donors (Lipinski definition) is 0. The van der Waals surface area contributed by atoms with Crippen LogP contribution in [0.4, 0.5) is 13.2 Å². The van der Waals surface area contributed by atoms with E-state index in [1.54, 1.807) is 7.11 Å². The summed E-state index contributed by atoms with van der Waals surface area (Å²) >= 11 is 0. The van der Waals surface area contributed by atoms with Crippen molar-refractivity contribution in [3.63, 3.8) is 0 Å². The second kappa shape index (κ2) is 7.41. The zero-order valence-corrected chi connectivity index (χ0v) is 13.5. The van der Waals surface area contributed by atoms with Crippen molar-refractivity contribution in [1.29, 1.82) is 0 Å². The van der Waals surface area contributed by atoms with Gasteiger partial charge in [0.25, 0.3) is 0 Å². The average Bonchev–Trinajstić information content (AvgIpc) is 2.27. The van der Waals surface area contributed by atoms with Gasteiger partial charge in [0, 0.05) is 7.11 Å². The quantitative estimate of drug-likeness (QED) is 0.386. The highest BCUT2D eigenvalue weighted by atomic mass is 32.2. The van der Waals surface area contributed by atoms with Crippen molar-refractivity contribution in [1.82, 2.24) is 0 Å². The molecule has 0 aliphatic heterocycles. The molecule has 0 fully saturated rings. The standard InChI is InChI=1S/C10H20F3NO4SSi/c1-4-7-20(3,18-2)8-5-6-9(15)14-19(16,17)10(11,12)13/h4-8H2,1-3H3,(H,14,15)/p-1. The van der Waals surface area contributed by atoms with Crippen LogP contribution >= 0.6 is 0 Å². The second-order valence-electron chi connectivity index (χ2n) is 4.66. The number of halogens is 3. The fourth-order valence-corrected chi connectivity index (χ4v) is 4.81. The SMILES string of the molecule is CCC[Si](C)(CCC/C([O-])=N\S(=O)(=O)C(F)(F)F)OC. The van der Waals surface area contributed by atoms with Gasteiger partial charge in [-0.1, -0.05) is 13.3 Å². The molecule has 0 aliphatic rings. The Balaban J connectivity index is 4.55. The van der Waals surface area contributed by atoms with Crippen LogP contribution in [0.2, 0.25) is 18.6 Å². The van der Waals surface area contributed by atoms with E-state index < -0.39 is 29.7 Å². The maximum Gasteiger partial charge on any atom is 0.518 e. The van der Waals surface area contributed by atoms with Crippen molar-refractivity contribution in [2.45, 2.75) is 50.3 Å². The van der Waals surface area contributed by atoms with Gasteiger partial charge in [0.15, 0.2) is 8.32 Å². The molecular weight excluding hydrogens is 315 g/mol. The molecule has 0 N–H and O–H groups in total. The summed E-state index contributed by atoms with van der Waals surface area (Å²) < 4.78 is 65.0. The molecule has 0 aliphatic carbocycles. The van der Waals surface area contributed by atoms with Gasteiger partial charge in [-0.3, -0.25) is 0 Å². The van der Waals surface area contributed by atoms with Gasteiger partial charge in [0.2, 0.25) is 0 Å². The van der Waals surface area contributed by atoms with Crippen molar-refractivity contribution in [2.75, 3.05) is 7.11 Å². The van der Waals surface area contributed by atoms with Crippen LogP contribution in [-0.2, 0) is 14.4 Å². The van der Waals surface area contributed by atoms with E-state index in [2.05, 4.69) is 4.40 Å². The molecule has 10 heteroatoms. The molecule has 0 aromatic heterocycles. The maximum absolute atomic E-state index is 12.0. The molecule has 20 heavy (non-hydrogen) atoms. The zero-order chi connectivity index (χ0) is 16.0. The molecule has 0 saturated heterocycles. The predicted molar refractivity (Wildman–Crippen MR) is 70.2 cm³/mol. The largest absolute Gasteiger partial charge is 0.861 e. The van der Waals surface area contributed by atoms with E-state index >= 15 is 0 Å². The second-order valence-corrected chi connectivity index (χ2v) is 10.6. The van der Waals surface area contributed by atoms with Crippen molar-refractivity contribution in [2.24, 2.45) is 4.40 Å². The molecule has 120 valence electrons. The summed E-state index contributed by atoms with van der Waals surface area (Å²) in [5, 5.41) is 11.2. The number of alkyl halides is 3. The normalized spacial score (nSPS) is 17.0. The minimum Gasteiger partial charge on any atom is -0.861 e. The molecule has 0 amide bonds. The van der Waals surface area contributed by atoms with Gasteiger partial charge in [-0.25, -0.2) is 0 Å². The van der Waals surface area contributed by atoms with E-state index in [-0.39, 0.29) is 12.8 Å². The van der Waals surface area contributed by atoms with E-state index in [1.165, 1.54) is 0 Å². The Hall–Kier alpha value is -0.613. The Morgan fingerprint density at radius 3 is 2.30 bits per heavy atom. The topological polar surface area (TPSA) is 78.8 Å². The molecule has 0 radical (unpaired) electrons. The fourth-order valence-electron chi connectivity index (χ4n) is 1.70. The van der Waals surface area contributed by atoms with Gasteiger partial charge in [-0.05, 0) is 37.4 Å². The predicted octanol–water partition coefficient (Wildman–Crippen LogP) is 2.01. The summed E-state index contributed by atoms with van der Waals surface area (Å²) in [5.41, 5.74) is -5.53. The van der Waals surface area contributed by atoms with Crippen LogP contribution < -0.4 is 5.11 Å². The summed E-state index contributed by atoms with van der Waals surface area (Å²) in [7, 11) is -6.10. The Labute approximate surface area is 118 Å². The number of sulfonamides is 1. The Morgan fingerprint density at radius 1 is 1.35 bits per heavy atom. The molecule has 0 bridgehead atoms. The van der Waals surface area contributed by atoms with Crippen LogP contribution in [0.1, 0.15) is 26.2 Å². The molecular formula is C10H19F3NO4SSi-. The maximum atomic E-state index is 12.0. The minimum atomic E-state index is -5.72. The lowest BCUT2D eigenvalue weighted by Gasteiger charge is -2.25. The van der Waals surface area contributed by atoms with Crippen LogP contribution in [0.25, 0.3) is 0 Å². The lowest BCUT2D eigenvalue weighted by molar-refractivity contribution is -0.218. The van der Waals surface area contributed by atoms with Crippen LogP contribution in [-0.4, -0.2) is 35.3 Å². The first-order valence-corrected chi connectivity index (χ1v) is 10.4. The average molecular weight is 334 g/mol. The van der Waals surface area contributed by atoms with Crippen molar-refractivity contribution < 1.29 is 31.1 Å². The number of rotatable bonds is 8. The molecule has 0 spiro atoms. The smallest absolute Gasteiger partial charge is 0.518 e. The van der Waals surface area contributed by atoms with E-state index in [4.69, 9.17) is 4.43 Å². The molecule has 0 saturated carbocycles. The van der Waals surface area contributed by atoms with E-state index in [0.29, 0.717) is 6.04 Å². The summed E-state index contributed by atoms with van der Waals surface area (Å²) in [4.78, 5) is 0. The van der Waals surface area contributed by atoms with Gasteiger partial charge in [0.1, 0.15) is 0 Å². The summed E-state index contributed by atoms with van der Waals surface area (Å²) in [5.74, 6) is -1.27. The fraction of sp³-hybridized carbons (Fsp3) is 0.900. The molecule has 0 heterocycles. The Bertz CT molecular complexity index is 438. The summed E-state index contributed by atoms with van der Waals surface area (Å²) in [6, 6.07) is 1.44. The van der Waals surface area contributed by atoms with Crippen LogP contribution in [0.15, 0.2) is 4.40 Å². The third kappa shape index (κ3) is 6.22. The minimum absolute atomic E-state index is 0.270. The van der Waals surface area contributed by atoms with Gasteiger partial charge < -0.3 is 9.53 Å². The van der Waals surface area contributed by atoms with Crippen molar-refractivity contribution >= 4 is 24.2 Å². The number of hydrogen-bond acceptors (Lipinski definition) is 4. The Morgan fingerprint density at radius 2 is 1.90 bits per heavy atom. The van der Waals surface area contributed by atoms with Gasteiger partial charge in [0.05, 0.1) is 0 Å². The zero-order valence-electron chi connectivity index (χ0n) is 11.7. The van der Waals surface area contributed by atoms with Crippen LogP contribution in [0.5, 0.6) is 0 Å². The van der Waals surface area contributed by atoms with Gasteiger partial charge in [-0.15, -0.1) is 0 Å². The van der Waals surface area contributed by atoms with E-state index in [1.807, 2.05) is 13.5 Å². The molecule has 0 aromatic rings. The third-order valence-corrected chi connectivity index (χ3v) is 7.87. The first-order chi connectivity index (χ1) is 8.97. The number of nitrogens with zero attached hydrogens (tertiary/aromatic N) is 1. The van der Waals surface area contributed by atoms with Crippen molar-refractivity contribution in [3.8, 4) is 0 Å². The first-order valence-electron chi connectivity index (χ1n) is 6.09. The Kier molecular flexibility index (Phi) is 7.18. The van der Waals surface area contributed by atoms with Gasteiger partial charge >= 0.3 is 15.5 Å². The van der Waals surface area contributed by atoms with Gasteiger partial charge in [-0.2, -0.15) is 26.0 Å². The molecule has 0 rings (SSSR count). The molecule has 0 aromatic carbocycles. The van der Waals surface area contributed by atoms with Crippen LogP contribution in [0.3, 0.4) is 0 Å². The van der Waals surface area contributed by atoms with Crippen LogP contribution in [0, 0.1) is 0 Å². The summed E-state index contributed by atoms with van der Waals surface area (Å²) in [6.07, 6.45) is 0.856. The highest BCUT2D eigenvalue weighted by Gasteiger charge is 2.45. The highest BCUT2D eigenvalue weighted by molar-refractivity contribution is 7.91. The lowest BCUT2D eigenvalue weighted by Crippen LogP contribution is -2.33. The monoisotopic (exact) mass is 334 g/mol. The lowest BCUT2D eigenvalue weighted by atomic mass is 10.3. The molecule has 1 atom stereocenters. The first kappa shape index (κ1) is 19.4. The third-order valence-electron chi connectivity index (χ3n) is 2.88. The van der Waals surface area contributed by atoms with E-state index in [9.17, 15) is 26.7 Å². The van der Waals surface area contributed by atoms with E-state index in [0.717, 1.165) is 12.5 Å². The molecule has 5 nitrogen and oxygen atoms in total. The summed E-state index contributed by atoms with van der Waals surface area (Å²) in [6.45, 7) is 3.95. The molecule has 1 unspecified atom stereocenters. The van der Waals surface area contributed by atoms with Crippen molar-refractivity contribution in [3.05, 3.63) is 0 Å². The highest BCUT2D eigenvalue weighted by Crippen LogP contribution is 2.25.